The van der Waals surface area contributed by atoms with Gasteiger partial charge in [0.25, 0.3) is 0 Å². The molecule has 0 bridgehead atoms. The molecule has 1 rings (SSSR count). The Balaban J connectivity index is 2.31. The van der Waals surface area contributed by atoms with Crippen LogP contribution >= 0.6 is 0 Å². The number of nitrogens with two attached hydrogens (primary N) is 1. The molecule has 1 aromatic rings. The van der Waals surface area contributed by atoms with Crippen LogP contribution in [0.15, 0.2) is 29.4 Å². The summed E-state index contributed by atoms with van der Waals surface area (Å²) in [6, 6.07) is 5.90. The summed E-state index contributed by atoms with van der Waals surface area (Å²) in [5.74, 6) is 6.54. The van der Waals surface area contributed by atoms with Crippen LogP contribution in [0, 0.1) is 5.92 Å². The summed E-state index contributed by atoms with van der Waals surface area (Å²) in [5, 5.41) is 3.15. The standard InChI is InChI=1S/C12H21N5/c1-10(2)9-16-12(17-13)15-8-6-11-5-3-4-7-14-11/h3-5,7,10H,6,8-9,13H2,1-2H3,(H2,15,16,17). The van der Waals surface area contributed by atoms with Crippen LogP contribution in [0.3, 0.4) is 0 Å². The Morgan fingerprint density at radius 1 is 1.47 bits per heavy atom. The van der Waals surface area contributed by atoms with E-state index in [2.05, 4.69) is 34.6 Å². The molecule has 0 fully saturated rings. The second kappa shape index (κ2) is 7.62. The third kappa shape index (κ3) is 5.87. The number of aliphatic imine (C=N–C) groups is 1. The normalized spacial score (nSPS) is 11.6. The molecule has 0 aromatic carbocycles. The Bertz CT molecular complexity index is 334. The molecule has 94 valence electrons. The number of hydrazine groups is 1. The zero-order valence-electron chi connectivity index (χ0n) is 10.5. The Morgan fingerprint density at radius 3 is 2.88 bits per heavy atom. The largest absolute Gasteiger partial charge is 0.355 e. The summed E-state index contributed by atoms with van der Waals surface area (Å²) >= 11 is 0. The minimum atomic E-state index is 0.524. The van der Waals surface area contributed by atoms with Gasteiger partial charge in [0, 0.05) is 31.4 Å². The van der Waals surface area contributed by atoms with Crippen molar-refractivity contribution in [3.63, 3.8) is 0 Å². The van der Waals surface area contributed by atoms with Crippen molar-refractivity contribution in [3.8, 4) is 0 Å². The second-order valence-corrected chi connectivity index (χ2v) is 4.23. The van der Waals surface area contributed by atoms with E-state index >= 15 is 0 Å². The van der Waals surface area contributed by atoms with Crippen molar-refractivity contribution >= 4 is 5.96 Å². The quantitative estimate of drug-likeness (QED) is 0.304. The third-order valence-corrected chi connectivity index (χ3v) is 2.15. The molecule has 0 atom stereocenters. The van der Waals surface area contributed by atoms with E-state index < -0.39 is 0 Å². The summed E-state index contributed by atoms with van der Waals surface area (Å²) < 4.78 is 0. The maximum atomic E-state index is 5.38. The molecule has 0 aliphatic rings. The number of nitrogens with zero attached hydrogens (tertiary/aromatic N) is 2. The van der Waals surface area contributed by atoms with Gasteiger partial charge < -0.3 is 5.32 Å². The molecule has 0 spiro atoms. The lowest BCUT2D eigenvalue weighted by Gasteiger charge is -2.09. The summed E-state index contributed by atoms with van der Waals surface area (Å²) in [4.78, 5) is 8.57. The Morgan fingerprint density at radius 2 is 2.29 bits per heavy atom. The summed E-state index contributed by atoms with van der Waals surface area (Å²) in [6.45, 7) is 5.76. The van der Waals surface area contributed by atoms with Gasteiger partial charge >= 0.3 is 0 Å². The van der Waals surface area contributed by atoms with E-state index in [1.165, 1.54) is 0 Å². The van der Waals surface area contributed by atoms with Crippen LogP contribution in [0.25, 0.3) is 0 Å². The highest BCUT2D eigenvalue weighted by atomic mass is 15.3. The molecule has 5 nitrogen and oxygen atoms in total. The Kier molecular flexibility index (Phi) is 6.03. The van der Waals surface area contributed by atoms with Crippen molar-refractivity contribution in [3.05, 3.63) is 30.1 Å². The van der Waals surface area contributed by atoms with E-state index in [-0.39, 0.29) is 0 Å². The number of pyridine rings is 1. The number of nitrogens with one attached hydrogen (secondary N) is 2. The van der Waals surface area contributed by atoms with Gasteiger partial charge in [-0.15, -0.1) is 0 Å². The van der Waals surface area contributed by atoms with Crippen LogP contribution in [0.1, 0.15) is 19.5 Å². The van der Waals surface area contributed by atoms with Gasteiger partial charge in [-0.3, -0.25) is 15.4 Å². The predicted molar refractivity (Wildman–Crippen MR) is 70.4 cm³/mol. The summed E-state index contributed by atoms with van der Waals surface area (Å²) in [6.07, 6.45) is 2.65. The Labute approximate surface area is 103 Å². The number of rotatable bonds is 5. The molecule has 0 amide bonds. The fourth-order valence-corrected chi connectivity index (χ4v) is 1.28. The molecular weight excluding hydrogens is 214 g/mol. The van der Waals surface area contributed by atoms with E-state index in [4.69, 9.17) is 5.84 Å². The van der Waals surface area contributed by atoms with Gasteiger partial charge in [0.1, 0.15) is 0 Å². The van der Waals surface area contributed by atoms with Crippen LogP contribution in [-0.2, 0) is 6.42 Å². The van der Waals surface area contributed by atoms with Crippen molar-refractivity contribution in [2.75, 3.05) is 13.1 Å². The van der Waals surface area contributed by atoms with Crippen LogP contribution in [0.5, 0.6) is 0 Å². The van der Waals surface area contributed by atoms with Gasteiger partial charge in [-0.2, -0.15) is 0 Å². The lowest BCUT2D eigenvalue weighted by Crippen LogP contribution is -2.42. The van der Waals surface area contributed by atoms with Gasteiger partial charge in [-0.1, -0.05) is 19.9 Å². The van der Waals surface area contributed by atoms with E-state index in [0.717, 1.165) is 25.2 Å². The van der Waals surface area contributed by atoms with Gasteiger partial charge in [-0.25, -0.2) is 5.84 Å². The molecule has 5 heteroatoms. The molecule has 0 aliphatic heterocycles. The van der Waals surface area contributed by atoms with Gasteiger partial charge in [0.05, 0.1) is 0 Å². The average molecular weight is 235 g/mol. The first-order valence-electron chi connectivity index (χ1n) is 5.87. The molecular formula is C12H21N5. The minimum absolute atomic E-state index is 0.524. The Hall–Kier alpha value is -1.62. The van der Waals surface area contributed by atoms with Crippen LogP contribution in [-0.4, -0.2) is 24.0 Å². The highest BCUT2D eigenvalue weighted by Crippen LogP contribution is 1.93. The second-order valence-electron chi connectivity index (χ2n) is 4.23. The van der Waals surface area contributed by atoms with Gasteiger partial charge in [0.15, 0.2) is 0 Å². The van der Waals surface area contributed by atoms with Crippen molar-refractivity contribution in [2.24, 2.45) is 16.8 Å². The average Bonchev–Trinajstić information content (AvgIpc) is 2.34. The summed E-state index contributed by atoms with van der Waals surface area (Å²) in [5.41, 5.74) is 3.62. The van der Waals surface area contributed by atoms with E-state index in [1.54, 1.807) is 6.20 Å². The molecule has 17 heavy (non-hydrogen) atoms. The van der Waals surface area contributed by atoms with E-state index in [9.17, 15) is 0 Å². The molecule has 0 saturated carbocycles. The molecule has 1 heterocycles. The SMILES string of the molecule is CC(C)CN=C(NN)NCCc1ccccn1. The van der Waals surface area contributed by atoms with Crippen molar-refractivity contribution in [1.82, 2.24) is 15.7 Å². The lowest BCUT2D eigenvalue weighted by atomic mass is 10.2. The number of aromatic nitrogens is 1. The molecule has 0 unspecified atom stereocenters. The molecule has 4 N–H and O–H groups in total. The highest BCUT2D eigenvalue weighted by molar-refractivity contribution is 5.79. The van der Waals surface area contributed by atoms with Crippen molar-refractivity contribution in [2.45, 2.75) is 20.3 Å². The fourth-order valence-electron chi connectivity index (χ4n) is 1.28. The lowest BCUT2D eigenvalue weighted by molar-refractivity contribution is 0.656. The first-order chi connectivity index (χ1) is 8.22. The zero-order chi connectivity index (χ0) is 12.5. The maximum Gasteiger partial charge on any atom is 0.205 e. The minimum Gasteiger partial charge on any atom is -0.355 e. The van der Waals surface area contributed by atoms with E-state index in [1.807, 2.05) is 18.2 Å². The summed E-state index contributed by atoms with van der Waals surface area (Å²) in [7, 11) is 0. The monoisotopic (exact) mass is 235 g/mol. The third-order valence-electron chi connectivity index (χ3n) is 2.15. The van der Waals surface area contributed by atoms with Crippen LogP contribution in [0.4, 0.5) is 0 Å². The topological polar surface area (TPSA) is 75.3 Å². The van der Waals surface area contributed by atoms with Gasteiger partial charge in [-0.05, 0) is 18.1 Å². The van der Waals surface area contributed by atoms with Crippen LogP contribution in [0.2, 0.25) is 0 Å². The molecule has 0 aliphatic carbocycles. The molecule has 1 aromatic heterocycles. The molecule has 0 saturated heterocycles. The highest BCUT2D eigenvalue weighted by Gasteiger charge is 1.98. The fraction of sp³-hybridized carbons (Fsp3) is 0.500. The number of hydrogen-bond acceptors (Lipinski definition) is 3. The zero-order valence-corrected chi connectivity index (χ0v) is 10.5. The first-order valence-corrected chi connectivity index (χ1v) is 5.87. The van der Waals surface area contributed by atoms with Crippen LogP contribution < -0.4 is 16.6 Å². The number of guanidine groups is 1. The maximum absolute atomic E-state index is 5.38. The molecule has 0 radical (unpaired) electrons. The number of hydrogen-bond donors (Lipinski definition) is 3. The van der Waals surface area contributed by atoms with Crippen molar-refractivity contribution < 1.29 is 0 Å². The first kappa shape index (κ1) is 13.4. The smallest absolute Gasteiger partial charge is 0.205 e. The van der Waals surface area contributed by atoms with Gasteiger partial charge in [0.2, 0.25) is 5.96 Å². The predicted octanol–water partition coefficient (Wildman–Crippen LogP) is 0.689. The van der Waals surface area contributed by atoms with Crippen molar-refractivity contribution in [1.29, 1.82) is 0 Å². The van der Waals surface area contributed by atoms with E-state index in [0.29, 0.717) is 11.9 Å².